The van der Waals surface area contributed by atoms with Crippen LogP contribution in [0.1, 0.15) is 29.7 Å². The smallest absolute Gasteiger partial charge is 0.337 e. The first kappa shape index (κ1) is 24.9. The number of benzene rings is 2. The van der Waals surface area contributed by atoms with Crippen LogP contribution in [0.5, 0.6) is 0 Å². The number of carbonyl (C=O) groups excluding carboxylic acids is 2. The summed E-state index contributed by atoms with van der Waals surface area (Å²) in [6.07, 6.45) is 1.50. The minimum Gasteiger partial charge on any atom is -0.468 e. The van der Waals surface area contributed by atoms with E-state index >= 15 is 0 Å². The molecule has 8 heteroatoms. The van der Waals surface area contributed by atoms with Gasteiger partial charge in [0.25, 0.3) is 0 Å². The van der Waals surface area contributed by atoms with Gasteiger partial charge in [-0.1, -0.05) is 72.4 Å². The van der Waals surface area contributed by atoms with Crippen LogP contribution in [0.25, 0.3) is 5.70 Å². The third-order valence-electron chi connectivity index (χ3n) is 5.52. The van der Waals surface area contributed by atoms with Crippen molar-refractivity contribution in [2.75, 3.05) is 12.4 Å². The van der Waals surface area contributed by atoms with Gasteiger partial charge in [-0.2, -0.15) is 5.26 Å². The molecule has 2 N–H and O–H groups in total. The maximum atomic E-state index is 13.2. The monoisotopic (exact) mass is 499 g/mol. The van der Waals surface area contributed by atoms with Crippen molar-refractivity contribution in [3.8, 4) is 6.07 Å². The van der Waals surface area contributed by atoms with Gasteiger partial charge >= 0.3 is 5.97 Å². The number of nitrogens with zero attached hydrogens (tertiary/aromatic N) is 1. The minimum atomic E-state index is -0.782. The Hall–Kier alpha value is -4.22. The maximum Gasteiger partial charge on any atom is 0.337 e. The number of carbonyl (C=O) groups is 2. The molecule has 36 heavy (non-hydrogen) atoms. The molecule has 0 saturated heterocycles. The number of hydrogen-bond acceptors (Lipinski definition) is 7. The molecule has 1 amide bonds. The fourth-order valence-electron chi connectivity index (χ4n) is 3.88. The van der Waals surface area contributed by atoms with Gasteiger partial charge in [0.15, 0.2) is 0 Å². The SMILES string of the molecule is CCOC(=O)C1=C(c2ccccc2)NC(SCC(=O)NCc2ccccc2)=C(C#N)[C@@H]1c1ccco1. The van der Waals surface area contributed by atoms with Crippen LogP contribution in [-0.2, 0) is 20.9 Å². The van der Waals surface area contributed by atoms with Gasteiger partial charge in [-0.25, -0.2) is 4.79 Å². The Labute approximate surface area is 213 Å². The van der Waals surface area contributed by atoms with E-state index in [4.69, 9.17) is 9.15 Å². The molecule has 3 aromatic rings. The molecule has 0 spiro atoms. The van der Waals surface area contributed by atoms with Gasteiger partial charge in [-0.15, -0.1) is 0 Å². The molecule has 0 radical (unpaired) electrons. The van der Waals surface area contributed by atoms with Crippen molar-refractivity contribution in [3.63, 3.8) is 0 Å². The standard InChI is InChI=1S/C28H25N3O4S/c1-2-34-28(33)25-24(22-14-9-15-35-22)21(16-29)27(31-26(25)20-12-7-4-8-13-20)36-18-23(32)30-17-19-10-5-3-6-11-19/h3-15,24,31H,2,17-18H2,1H3,(H,30,32)/t24-/m1/s1. The van der Waals surface area contributed by atoms with E-state index in [9.17, 15) is 14.9 Å². The van der Waals surface area contributed by atoms with Crippen LogP contribution >= 0.6 is 11.8 Å². The third-order valence-corrected chi connectivity index (χ3v) is 6.53. The van der Waals surface area contributed by atoms with Gasteiger partial charge in [0.2, 0.25) is 5.91 Å². The number of thioether (sulfide) groups is 1. The molecule has 2 heterocycles. The molecular formula is C28H25N3O4S. The van der Waals surface area contributed by atoms with Crippen molar-refractivity contribution in [3.05, 3.63) is 112 Å². The maximum absolute atomic E-state index is 13.2. The van der Waals surface area contributed by atoms with E-state index in [2.05, 4.69) is 16.7 Å². The molecule has 0 fully saturated rings. The zero-order chi connectivity index (χ0) is 25.3. The summed E-state index contributed by atoms with van der Waals surface area (Å²) in [5.41, 5.74) is 2.83. The highest BCUT2D eigenvalue weighted by Gasteiger charge is 2.38. The van der Waals surface area contributed by atoms with E-state index in [0.717, 1.165) is 11.1 Å². The van der Waals surface area contributed by atoms with Crippen LogP contribution in [0, 0.1) is 11.3 Å². The molecule has 4 rings (SSSR count). The molecule has 1 aromatic heterocycles. The lowest BCUT2D eigenvalue weighted by Gasteiger charge is -2.29. The first-order valence-corrected chi connectivity index (χ1v) is 12.5. The normalized spacial score (nSPS) is 15.2. The largest absolute Gasteiger partial charge is 0.468 e. The number of rotatable bonds is 9. The van der Waals surface area contributed by atoms with Crippen molar-refractivity contribution in [1.29, 1.82) is 5.26 Å². The van der Waals surface area contributed by atoms with Crippen molar-refractivity contribution in [1.82, 2.24) is 10.6 Å². The first-order valence-electron chi connectivity index (χ1n) is 11.5. The zero-order valence-electron chi connectivity index (χ0n) is 19.7. The predicted molar refractivity (Wildman–Crippen MR) is 138 cm³/mol. The third kappa shape index (κ3) is 5.70. The second kappa shape index (κ2) is 12.0. The van der Waals surface area contributed by atoms with Gasteiger partial charge in [0.1, 0.15) is 5.76 Å². The number of allylic oxidation sites excluding steroid dienone is 1. The highest BCUT2D eigenvalue weighted by Crippen LogP contribution is 2.43. The van der Waals surface area contributed by atoms with Crippen molar-refractivity contribution < 1.29 is 18.7 Å². The summed E-state index contributed by atoms with van der Waals surface area (Å²) in [7, 11) is 0. The van der Waals surface area contributed by atoms with Crippen molar-refractivity contribution in [2.45, 2.75) is 19.4 Å². The molecule has 0 bridgehead atoms. The Morgan fingerprint density at radius 2 is 1.81 bits per heavy atom. The second-order valence-electron chi connectivity index (χ2n) is 7.85. The lowest BCUT2D eigenvalue weighted by Crippen LogP contribution is -2.30. The van der Waals surface area contributed by atoms with Gasteiger partial charge in [-0.05, 0) is 30.2 Å². The van der Waals surface area contributed by atoms with Crippen LogP contribution in [0.4, 0.5) is 0 Å². The molecule has 1 aliphatic rings. The Morgan fingerprint density at radius 1 is 1.08 bits per heavy atom. The lowest BCUT2D eigenvalue weighted by molar-refractivity contribution is -0.138. The number of dihydropyridines is 1. The van der Waals surface area contributed by atoms with Gasteiger partial charge < -0.3 is 19.8 Å². The number of furan rings is 1. The Morgan fingerprint density at radius 3 is 2.44 bits per heavy atom. The lowest BCUT2D eigenvalue weighted by atomic mass is 9.84. The predicted octanol–water partition coefficient (Wildman–Crippen LogP) is 4.73. The summed E-state index contributed by atoms with van der Waals surface area (Å²) in [5, 5.41) is 16.8. The highest BCUT2D eigenvalue weighted by atomic mass is 32.2. The van der Waals surface area contributed by atoms with Crippen molar-refractivity contribution >= 4 is 29.3 Å². The fourth-order valence-corrected chi connectivity index (χ4v) is 4.75. The molecule has 2 aromatic carbocycles. The van der Waals surface area contributed by atoms with Crippen LogP contribution in [0.3, 0.4) is 0 Å². The van der Waals surface area contributed by atoms with E-state index in [1.54, 1.807) is 19.1 Å². The highest BCUT2D eigenvalue weighted by molar-refractivity contribution is 8.03. The first-order chi connectivity index (χ1) is 17.6. The average molecular weight is 500 g/mol. The molecular weight excluding hydrogens is 474 g/mol. The average Bonchev–Trinajstić information content (AvgIpc) is 3.45. The van der Waals surface area contributed by atoms with E-state index in [0.29, 0.717) is 23.0 Å². The van der Waals surface area contributed by atoms with Crippen molar-refractivity contribution in [2.24, 2.45) is 0 Å². The fraction of sp³-hybridized carbons (Fsp3) is 0.179. The van der Waals surface area contributed by atoms with E-state index in [-0.39, 0.29) is 29.4 Å². The Bertz CT molecular complexity index is 1310. The molecule has 1 aliphatic heterocycles. The second-order valence-corrected chi connectivity index (χ2v) is 8.84. The summed E-state index contributed by atoms with van der Waals surface area (Å²) in [6, 6.07) is 24.6. The van der Waals surface area contributed by atoms with Crippen LogP contribution < -0.4 is 10.6 Å². The molecule has 0 unspecified atom stereocenters. The zero-order valence-corrected chi connectivity index (χ0v) is 20.5. The summed E-state index contributed by atoms with van der Waals surface area (Å²) >= 11 is 1.21. The van der Waals surface area contributed by atoms with Gasteiger partial charge in [0, 0.05) is 6.54 Å². The Balaban J connectivity index is 1.66. The summed E-state index contributed by atoms with van der Waals surface area (Å²) in [4.78, 5) is 25.8. The molecule has 182 valence electrons. The molecule has 0 saturated carbocycles. The summed E-state index contributed by atoms with van der Waals surface area (Å²) < 4.78 is 11.0. The Kier molecular flexibility index (Phi) is 8.27. The molecule has 0 aliphatic carbocycles. The van der Waals surface area contributed by atoms with Gasteiger partial charge in [-0.3, -0.25) is 4.79 Å². The number of amides is 1. The molecule has 1 atom stereocenters. The van der Waals surface area contributed by atoms with Crippen LogP contribution in [0.2, 0.25) is 0 Å². The van der Waals surface area contributed by atoms with E-state index in [1.807, 2.05) is 60.7 Å². The number of ether oxygens (including phenoxy) is 1. The molecule has 7 nitrogen and oxygen atoms in total. The van der Waals surface area contributed by atoms with E-state index in [1.165, 1.54) is 18.0 Å². The summed E-state index contributed by atoms with van der Waals surface area (Å²) in [6.45, 7) is 2.33. The number of nitrogens with one attached hydrogen (secondary N) is 2. The van der Waals surface area contributed by atoms with Crippen LogP contribution in [0.15, 0.2) is 99.7 Å². The van der Waals surface area contributed by atoms with Crippen LogP contribution in [-0.4, -0.2) is 24.2 Å². The number of esters is 1. The minimum absolute atomic E-state index is 0.0853. The quantitative estimate of drug-likeness (QED) is 0.410. The topological polar surface area (TPSA) is 104 Å². The van der Waals surface area contributed by atoms with Gasteiger partial charge in [0.05, 0.1) is 52.5 Å². The number of nitriles is 1. The number of hydrogen-bond donors (Lipinski definition) is 2. The summed E-state index contributed by atoms with van der Waals surface area (Å²) in [5.74, 6) is -0.970. The van der Waals surface area contributed by atoms with E-state index < -0.39 is 11.9 Å².